The first-order valence-electron chi connectivity index (χ1n) is 5.86. The Bertz CT molecular complexity index is 641. The summed E-state index contributed by atoms with van der Waals surface area (Å²) in [5, 5.41) is 6.26. The third-order valence-corrected chi connectivity index (χ3v) is 3.10. The highest BCUT2D eigenvalue weighted by molar-refractivity contribution is 6.37. The molecule has 0 atom stereocenters. The van der Waals surface area contributed by atoms with Crippen molar-refractivity contribution in [3.05, 3.63) is 40.4 Å². The minimum absolute atomic E-state index is 0.00803. The van der Waals surface area contributed by atoms with Crippen LogP contribution in [0.15, 0.2) is 30.3 Å². The summed E-state index contributed by atoms with van der Waals surface area (Å²) in [5.41, 5.74) is 0.316. The van der Waals surface area contributed by atoms with Crippen molar-refractivity contribution in [1.82, 2.24) is 4.98 Å². The zero-order valence-electron chi connectivity index (χ0n) is 10.8. The maximum Gasteiger partial charge on any atom is 0.387 e. The fraction of sp³-hybridized carbons (Fsp3) is 0.154. The van der Waals surface area contributed by atoms with Gasteiger partial charge in [-0.25, -0.2) is 4.98 Å². The number of nitrogens with one attached hydrogen (secondary N) is 2. The fourth-order valence-electron chi connectivity index (χ4n) is 1.63. The second-order valence-electron chi connectivity index (χ2n) is 3.90. The van der Waals surface area contributed by atoms with E-state index in [0.29, 0.717) is 16.5 Å². The van der Waals surface area contributed by atoms with Gasteiger partial charge in [-0.2, -0.15) is 8.78 Å². The number of benzene rings is 1. The van der Waals surface area contributed by atoms with Gasteiger partial charge in [0.15, 0.2) is 5.82 Å². The Hall–Kier alpha value is -1.79. The van der Waals surface area contributed by atoms with Crippen molar-refractivity contribution in [3.63, 3.8) is 0 Å². The van der Waals surface area contributed by atoms with E-state index >= 15 is 0 Å². The Morgan fingerprint density at radius 2 is 1.81 bits per heavy atom. The van der Waals surface area contributed by atoms with E-state index in [2.05, 4.69) is 20.4 Å². The Morgan fingerprint density at radius 1 is 1.14 bits per heavy atom. The lowest BCUT2D eigenvalue weighted by Crippen LogP contribution is -2.05. The van der Waals surface area contributed by atoms with Gasteiger partial charge in [0.05, 0.1) is 15.7 Å². The number of aromatic nitrogens is 1. The van der Waals surface area contributed by atoms with E-state index in [1.54, 1.807) is 25.2 Å². The molecule has 0 bridgehead atoms. The predicted octanol–water partition coefficient (Wildman–Crippen LogP) is 4.78. The molecule has 21 heavy (non-hydrogen) atoms. The maximum absolute atomic E-state index is 12.4. The molecule has 0 amide bonds. The quantitative estimate of drug-likeness (QED) is 0.826. The zero-order valence-corrected chi connectivity index (χ0v) is 12.3. The van der Waals surface area contributed by atoms with E-state index in [4.69, 9.17) is 23.2 Å². The predicted molar refractivity (Wildman–Crippen MR) is 80.2 cm³/mol. The summed E-state index contributed by atoms with van der Waals surface area (Å²) in [7, 11) is 1.65. The van der Waals surface area contributed by atoms with Gasteiger partial charge >= 0.3 is 6.61 Å². The van der Waals surface area contributed by atoms with Crippen LogP contribution in [0.3, 0.4) is 0 Å². The van der Waals surface area contributed by atoms with Gasteiger partial charge in [-0.15, -0.1) is 0 Å². The van der Waals surface area contributed by atoms with Gasteiger partial charge in [0, 0.05) is 7.05 Å². The number of hydrogen-bond donors (Lipinski definition) is 2. The lowest BCUT2D eigenvalue weighted by Gasteiger charge is -2.14. The first kappa shape index (κ1) is 15.6. The zero-order chi connectivity index (χ0) is 15.4. The van der Waals surface area contributed by atoms with Crippen molar-refractivity contribution in [3.8, 4) is 5.75 Å². The number of rotatable bonds is 5. The molecule has 4 nitrogen and oxygen atoms in total. The summed E-state index contributed by atoms with van der Waals surface area (Å²) >= 11 is 12.0. The second-order valence-corrected chi connectivity index (χ2v) is 4.71. The summed E-state index contributed by atoms with van der Waals surface area (Å²) in [4.78, 5) is 4.18. The van der Waals surface area contributed by atoms with Crippen molar-refractivity contribution < 1.29 is 13.5 Å². The van der Waals surface area contributed by atoms with Crippen LogP contribution >= 0.6 is 23.2 Å². The molecule has 2 aromatic rings. The fourth-order valence-corrected chi connectivity index (χ4v) is 2.13. The maximum atomic E-state index is 12.4. The topological polar surface area (TPSA) is 46.2 Å². The third-order valence-electron chi connectivity index (χ3n) is 2.52. The Balaban J connectivity index is 2.34. The molecule has 0 aliphatic carbocycles. The van der Waals surface area contributed by atoms with Gasteiger partial charge in [-0.05, 0) is 18.2 Å². The Morgan fingerprint density at radius 3 is 2.48 bits per heavy atom. The highest BCUT2D eigenvalue weighted by atomic mass is 35.5. The lowest BCUT2D eigenvalue weighted by molar-refractivity contribution is -0.0493. The first-order valence-corrected chi connectivity index (χ1v) is 6.61. The summed E-state index contributed by atoms with van der Waals surface area (Å²) in [6.45, 7) is -2.92. The van der Waals surface area contributed by atoms with Crippen molar-refractivity contribution in [1.29, 1.82) is 0 Å². The molecule has 0 saturated carbocycles. The number of alkyl halides is 2. The molecule has 0 saturated heterocycles. The molecule has 0 aliphatic heterocycles. The molecule has 2 rings (SSSR count). The summed E-state index contributed by atoms with van der Waals surface area (Å²) < 4.78 is 29.2. The smallest absolute Gasteiger partial charge is 0.387 e. The number of hydrogen-bond acceptors (Lipinski definition) is 4. The molecule has 112 valence electrons. The highest BCUT2D eigenvalue weighted by Crippen LogP contribution is 2.34. The number of pyridine rings is 1. The van der Waals surface area contributed by atoms with E-state index in [1.165, 1.54) is 12.1 Å². The lowest BCUT2D eigenvalue weighted by atomic mass is 10.3. The Kier molecular flexibility index (Phi) is 5.03. The van der Waals surface area contributed by atoms with Crippen molar-refractivity contribution >= 4 is 40.5 Å². The third kappa shape index (κ3) is 3.86. The number of ether oxygens (including phenoxy) is 1. The number of halogens is 4. The van der Waals surface area contributed by atoms with Gasteiger partial charge in [-0.1, -0.05) is 35.3 Å². The van der Waals surface area contributed by atoms with Crippen molar-refractivity contribution in [2.75, 3.05) is 17.7 Å². The number of nitrogens with zero attached hydrogens (tertiary/aromatic N) is 1. The average molecular weight is 334 g/mol. The molecule has 0 unspecified atom stereocenters. The monoisotopic (exact) mass is 333 g/mol. The van der Waals surface area contributed by atoms with Crippen LogP contribution in [0, 0.1) is 0 Å². The minimum Gasteiger partial charge on any atom is -0.433 e. The molecule has 0 radical (unpaired) electrons. The molecular weight excluding hydrogens is 323 g/mol. The highest BCUT2D eigenvalue weighted by Gasteiger charge is 2.13. The van der Waals surface area contributed by atoms with Crippen LogP contribution < -0.4 is 15.4 Å². The van der Waals surface area contributed by atoms with Crippen LogP contribution in [-0.4, -0.2) is 18.6 Å². The largest absolute Gasteiger partial charge is 0.433 e. The molecule has 1 heterocycles. The van der Waals surface area contributed by atoms with Crippen LogP contribution in [0.2, 0.25) is 10.0 Å². The van der Waals surface area contributed by atoms with Crippen molar-refractivity contribution in [2.45, 2.75) is 6.61 Å². The average Bonchev–Trinajstić information content (AvgIpc) is 2.43. The van der Waals surface area contributed by atoms with Crippen LogP contribution in [0.1, 0.15) is 0 Å². The van der Waals surface area contributed by atoms with E-state index in [1.807, 2.05) is 0 Å². The SMILES string of the molecule is CNc1nc(Nc2ccccc2OC(F)F)c(Cl)cc1Cl. The summed E-state index contributed by atoms with van der Waals surface area (Å²) in [6.07, 6.45) is 0. The van der Waals surface area contributed by atoms with Gasteiger partial charge in [0.25, 0.3) is 0 Å². The molecule has 1 aromatic carbocycles. The second kappa shape index (κ2) is 6.78. The van der Waals surface area contributed by atoms with Crippen LogP contribution in [0.25, 0.3) is 0 Å². The standard InChI is InChI=1S/C13H11Cl2F2N3O/c1-18-11-7(14)6-8(15)12(20-11)19-9-4-2-3-5-10(9)21-13(16)17/h2-6,13H,1H3,(H2,18,19,20). The molecule has 0 fully saturated rings. The Labute approximate surface area is 130 Å². The number of anilines is 3. The molecule has 0 spiro atoms. The molecule has 0 aliphatic rings. The van der Waals surface area contributed by atoms with E-state index < -0.39 is 6.61 Å². The van der Waals surface area contributed by atoms with Gasteiger partial charge in [0.2, 0.25) is 0 Å². The van der Waals surface area contributed by atoms with Crippen LogP contribution in [0.4, 0.5) is 26.1 Å². The summed E-state index contributed by atoms with van der Waals surface area (Å²) in [6, 6.07) is 7.74. The molecule has 2 N–H and O–H groups in total. The van der Waals surface area contributed by atoms with E-state index in [9.17, 15) is 8.78 Å². The van der Waals surface area contributed by atoms with Gasteiger partial charge < -0.3 is 15.4 Å². The number of para-hydroxylation sites is 2. The minimum atomic E-state index is -2.92. The van der Waals surface area contributed by atoms with Crippen molar-refractivity contribution in [2.24, 2.45) is 0 Å². The van der Waals surface area contributed by atoms with Gasteiger partial charge in [-0.3, -0.25) is 0 Å². The normalized spacial score (nSPS) is 10.6. The summed E-state index contributed by atoms with van der Waals surface area (Å²) in [5.74, 6) is 0.679. The first-order chi connectivity index (χ1) is 10.0. The molecule has 1 aromatic heterocycles. The van der Waals surface area contributed by atoms with E-state index in [0.717, 1.165) is 0 Å². The van der Waals surface area contributed by atoms with E-state index in [-0.39, 0.29) is 16.6 Å². The van der Waals surface area contributed by atoms with Crippen LogP contribution in [-0.2, 0) is 0 Å². The molecule has 8 heteroatoms. The molecular formula is C13H11Cl2F2N3O. The van der Waals surface area contributed by atoms with Gasteiger partial charge in [0.1, 0.15) is 11.6 Å². The van der Waals surface area contributed by atoms with Crippen LogP contribution in [0.5, 0.6) is 5.75 Å².